The number of hydrogen-bond acceptors (Lipinski definition) is 9. The highest BCUT2D eigenvalue weighted by molar-refractivity contribution is 5.85. The van der Waals surface area contributed by atoms with Gasteiger partial charge in [-0.3, -0.25) is 9.13 Å². The summed E-state index contributed by atoms with van der Waals surface area (Å²) < 4.78 is 2.97. The SMILES string of the molecule is CNCCNCc1ccc(-n2cc(-c3cc4cn(-c5ccc(CNCCNC)cc5)c(=O)nc4[nH]3)c(N)nc2=O)cc1. The fourth-order valence-corrected chi connectivity index (χ4v) is 4.63. The largest absolute Gasteiger partial charge is 0.383 e. The van der Waals surface area contributed by atoms with Gasteiger partial charge in [-0.1, -0.05) is 24.3 Å². The Hall–Kier alpha value is -4.62. The van der Waals surface area contributed by atoms with Crippen LogP contribution in [0.25, 0.3) is 33.7 Å². The van der Waals surface area contributed by atoms with Gasteiger partial charge in [0.25, 0.3) is 0 Å². The standard InChI is InChI=1S/C30H36N10O2/c1-32-11-13-34-16-20-3-7-23(8-4-20)39-18-22-15-26(36-28(22)38-30(39)42)25-19-40(29(41)37-27(25)31)24-9-5-21(6-10-24)17-35-14-12-33-2/h3-10,15,18-19,32-35H,11-14,16-17H2,1-2H3,(H2,31,37,41)(H,36,38,42). The Bertz CT molecular complexity index is 1750. The van der Waals surface area contributed by atoms with Crippen molar-refractivity contribution in [3.8, 4) is 22.6 Å². The topological polar surface area (TPSA) is 160 Å². The van der Waals surface area contributed by atoms with E-state index in [2.05, 4.69) is 36.2 Å². The maximum Gasteiger partial charge on any atom is 0.354 e. The molecule has 0 unspecified atom stereocenters. The average molecular weight is 569 g/mol. The van der Waals surface area contributed by atoms with Crippen molar-refractivity contribution < 1.29 is 0 Å². The third kappa shape index (κ3) is 6.64. The van der Waals surface area contributed by atoms with Crippen molar-refractivity contribution in [2.24, 2.45) is 0 Å². The summed E-state index contributed by atoms with van der Waals surface area (Å²) in [6, 6.07) is 17.3. The highest BCUT2D eigenvalue weighted by Gasteiger charge is 2.14. The van der Waals surface area contributed by atoms with Gasteiger partial charge in [0.15, 0.2) is 0 Å². The van der Waals surface area contributed by atoms with Gasteiger partial charge >= 0.3 is 11.4 Å². The molecular formula is C30H36N10O2. The second-order valence-electron chi connectivity index (χ2n) is 9.97. The molecule has 0 bridgehead atoms. The summed E-state index contributed by atoms with van der Waals surface area (Å²) in [5, 5.41) is 13.6. The van der Waals surface area contributed by atoms with Crippen molar-refractivity contribution >= 4 is 16.9 Å². The smallest absolute Gasteiger partial charge is 0.354 e. The predicted octanol–water partition coefficient (Wildman–Crippen LogP) is 1.13. The summed E-state index contributed by atoms with van der Waals surface area (Å²) in [6.07, 6.45) is 3.40. The number of rotatable bonds is 13. The van der Waals surface area contributed by atoms with Gasteiger partial charge in [-0.05, 0) is 55.6 Å². The molecule has 42 heavy (non-hydrogen) atoms. The van der Waals surface area contributed by atoms with E-state index in [0.29, 0.717) is 28.3 Å². The number of likely N-dealkylation sites (N-methyl/N-ethyl adjacent to an activating group) is 2. The lowest BCUT2D eigenvalue weighted by atomic mass is 10.2. The molecule has 3 aromatic heterocycles. The van der Waals surface area contributed by atoms with Crippen LogP contribution in [0.1, 0.15) is 11.1 Å². The number of benzene rings is 2. The van der Waals surface area contributed by atoms with Crippen LogP contribution in [-0.2, 0) is 13.1 Å². The van der Waals surface area contributed by atoms with Crippen molar-refractivity contribution in [1.82, 2.24) is 45.4 Å². The molecule has 5 aromatic rings. The maximum atomic E-state index is 12.9. The molecule has 12 heteroatoms. The second kappa shape index (κ2) is 13.4. The van der Waals surface area contributed by atoms with Gasteiger partial charge in [0.05, 0.1) is 22.6 Å². The molecule has 218 valence electrons. The molecule has 0 radical (unpaired) electrons. The molecular weight excluding hydrogens is 532 g/mol. The van der Waals surface area contributed by atoms with Crippen molar-refractivity contribution in [2.75, 3.05) is 46.0 Å². The van der Waals surface area contributed by atoms with Gasteiger partial charge in [-0.2, -0.15) is 9.97 Å². The molecule has 0 atom stereocenters. The zero-order chi connectivity index (χ0) is 29.5. The molecule has 0 saturated carbocycles. The van der Waals surface area contributed by atoms with Crippen LogP contribution in [-0.4, -0.2) is 64.4 Å². The number of nitrogens with one attached hydrogen (secondary N) is 5. The van der Waals surface area contributed by atoms with Crippen LogP contribution in [0.4, 0.5) is 5.82 Å². The molecule has 0 aliphatic rings. The van der Waals surface area contributed by atoms with E-state index in [1.165, 1.54) is 9.13 Å². The number of nitrogens with two attached hydrogens (primary N) is 1. The minimum atomic E-state index is -0.481. The Kier molecular flexibility index (Phi) is 9.19. The maximum absolute atomic E-state index is 12.9. The fraction of sp³-hybridized carbons (Fsp3) is 0.267. The normalized spacial score (nSPS) is 11.4. The van der Waals surface area contributed by atoms with Gasteiger partial charge in [-0.15, -0.1) is 0 Å². The van der Waals surface area contributed by atoms with Gasteiger partial charge < -0.3 is 32.0 Å². The number of nitrogen functional groups attached to an aromatic ring is 1. The first-order valence-corrected chi connectivity index (χ1v) is 13.9. The van der Waals surface area contributed by atoms with Crippen LogP contribution in [0.2, 0.25) is 0 Å². The number of H-pyrrole nitrogens is 1. The van der Waals surface area contributed by atoms with E-state index in [0.717, 1.165) is 55.8 Å². The lowest BCUT2D eigenvalue weighted by molar-refractivity contribution is 0.650. The van der Waals surface area contributed by atoms with Crippen molar-refractivity contribution in [3.05, 3.63) is 99.1 Å². The minimum Gasteiger partial charge on any atom is -0.383 e. The predicted molar refractivity (Wildman–Crippen MR) is 166 cm³/mol. The molecule has 2 aromatic carbocycles. The van der Waals surface area contributed by atoms with Gasteiger partial charge in [-0.25, -0.2) is 9.59 Å². The molecule has 0 saturated heterocycles. The molecule has 0 aliphatic carbocycles. The third-order valence-electron chi connectivity index (χ3n) is 6.95. The molecule has 0 amide bonds. The summed E-state index contributed by atoms with van der Waals surface area (Å²) in [4.78, 5) is 37.2. The zero-order valence-electron chi connectivity index (χ0n) is 23.8. The quantitative estimate of drug-likeness (QED) is 0.114. The lowest BCUT2D eigenvalue weighted by Gasteiger charge is -2.10. The highest BCUT2D eigenvalue weighted by atomic mass is 16.1. The number of aromatic amines is 1. The first kappa shape index (κ1) is 28.9. The first-order valence-electron chi connectivity index (χ1n) is 13.9. The molecule has 12 nitrogen and oxygen atoms in total. The number of fused-ring (bicyclic) bond motifs is 1. The number of anilines is 1. The van der Waals surface area contributed by atoms with Crippen LogP contribution in [0.5, 0.6) is 0 Å². The van der Waals surface area contributed by atoms with E-state index in [9.17, 15) is 9.59 Å². The van der Waals surface area contributed by atoms with E-state index < -0.39 is 11.4 Å². The first-order chi connectivity index (χ1) is 20.5. The molecule has 3 heterocycles. The summed E-state index contributed by atoms with van der Waals surface area (Å²) in [6.45, 7) is 4.97. The van der Waals surface area contributed by atoms with E-state index in [-0.39, 0.29) is 5.82 Å². The number of hydrogen-bond donors (Lipinski definition) is 6. The van der Waals surface area contributed by atoms with E-state index in [1.807, 2.05) is 68.7 Å². The van der Waals surface area contributed by atoms with E-state index >= 15 is 0 Å². The summed E-state index contributed by atoms with van der Waals surface area (Å²) in [7, 11) is 3.84. The van der Waals surface area contributed by atoms with E-state index in [1.54, 1.807) is 12.4 Å². The Morgan fingerprint density at radius 3 is 1.81 bits per heavy atom. The number of aromatic nitrogens is 5. The van der Waals surface area contributed by atoms with Crippen LogP contribution >= 0.6 is 0 Å². The van der Waals surface area contributed by atoms with Gasteiger partial charge in [0, 0.05) is 57.0 Å². The fourth-order valence-electron chi connectivity index (χ4n) is 4.63. The molecule has 0 fully saturated rings. The zero-order valence-corrected chi connectivity index (χ0v) is 23.8. The molecule has 5 rings (SSSR count). The summed E-state index contributed by atoms with van der Waals surface area (Å²) in [5.74, 6) is 0.0855. The van der Waals surface area contributed by atoms with Crippen molar-refractivity contribution in [3.63, 3.8) is 0 Å². The Morgan fingerprint density at radius 2 is 1.26 bits per heavy atom. The van der Waals surface area contributed by atoms with E-state index in [4.69, 9.17) is 5.73 Å². The summed E-state index contributed by atoms with van der Waals surface area (Å²) >= 11 is 0. The second-order valence-corrected chi connectivity index (χ2v) is 9.97. The van der Waals surface area contributed by atoms with Crippen molar-refractivity contribution in [2.45, 2.75) is 13.1 Å². The molecule has 0 aliphatic heterocycles. The average Bonchev–Trinajstić information content (AvgIpc) is 3.40. The van der Waals surface area contributed by atoms with Crippen LogP contribution < -0.4 is 38.4 Å². The van der Waals surface area contributed by atoms with Crippen LogP contribution in [0.15, 0.2) is 76.6 Å². The molecule has 7 N–H and O–H groups in total. The Balaban J connectivity index is 1.39. The molecule has 0 spiro atoms. The van der Waals surface area contributed by atoms with Crippen molar-refractivity contribution in [1.29, 1.82) is 0 Å². The van der Waals surface area contributed by atoms with Crippen LogP contribution in [0.3, 0.4) is 0 Å². The summed E-state index contributed by atoms with van der Waals surface area (Å²) in [5.41, 5.74) is 10.5. The van der Waals surface area contributed by atoms with Crippen LogP contribution in [0, 0.1) is 0 Å². The Morgan fingerprint density at radius 1 is 0.738 bits per heavy atom. The highest BCUT2D eigenvalue weighted by Crippen LogP contribution is 2.26. The lowest BCUT2D eigenvalue weighted by Crippen LogP contribution is -2.24. The van der Waals surface area contributed by atoms with Gasteiger partial charge in [0.2, 0.25) is 0 Å². The van der Waals surface area contributed by atoms with Gasteiger partial charge in [0.1, 0.15) is 11.5 Å². The minimum absolute atomic E-state index is 0.0855. The number of nitrogens with zero attached hydrogens (tertiary/aromatic N) is 4. The third-order valence-corrected chi connectivity index (χ3v) is 6.95. The monoisotopic (exact) mass is 568 g/mol. The Labute approximate surface area is 243 Å².